The van der Waals surface area contributed by atoms with E-state index in [1.165, 1.54) is 5.56 Å². The van der Waals surface area contributed by atoms with Crippen molar-refractivity contribution in [3.63, 3.8) is 0 Å². The van der Waals surface area contributed by atoms with Gasteiger partial charge in [-0.05, 0) is 128 Å². The molecule has 40 heavy (non-hydrogen) atoms. The fraction of sp³-hybridized carbons (Fsp3) is 0.545. The van der Waals surface area contributed by atoms with Crippen LogP contribution < -0.4 is 18.9 Å². The number of hydrogen-bond donors (Lipinski definition) is 1. The lowest BCUT2D eigenvalue weighted by atomic mass is 9.87. The van der Waals surface area contributed by atoms with E-state index in [-0.39, 0.29) is 12.4 Å². The summed E-state index contributed by atoms with van der Waals surface area (Å²) in [6.07, 6.45) is 8.13. The molecular formula is C33H46O7. The molecule has 0 amide bonds. The zero-order chi connectivity index (χ0) is 29.3. The van der Waals surface area contributed by atoms with Gasteiger partial charge in [-0.1, -0.05) is 6.08 Å². The normalized spacial score (nSPS) is 16.9. The molecule has 0 saturated heterocycles. The molecule has 7 heteroatoms. The SMILES string of the molecule is CCOCOc1c(C)c(C)c2c(c1C)CC[C@](C)(C=CCCOc1ccc(OCCCC(C)(C)C(=O)O)cc1)O2. The molecule has 2 aromatic carbocycles. The standard InChI is InChI=1S/C33H46O7/c1-8-36-22-39-29-23(2)24(3)30-28(25(29)4)16-19-33(7,40-30)18-9-10-20-37-26-12-14-27(15-13-26)38-21-11-17-32(5,6)31(34)35/h9,12-15,18H,8,10-11,16-17,19-22H2,1-7H3,(H,34,35)/t33-/m0/s1. The summed E-state index contributed by atoms with van der Waals surface area (Å²) in [4.78, 5) is 11.2. The Hall–Kier alpha value is -3.19. The van der Waals surface area contributed by atoms with Crippen LogP contribution in [0, 0.1) is 26.2 Å². The van der Waals surface area contributed by atoms with Crippen LogP contribution in [0.3, 0.4) is 0 Å². The predicted octanol–water partition coefficient (Wildman–Crippen LogP) is 7.36. The van der Waals surface area contributed by atoms with Crippen molar-refractivity contribution in [1.82, 2.24) is 0 Å². The molecule has 0 spiro atoms. The molecule has 220 valence electrons. The Morgan fingerprint density at radius 1 is 1.02 bits per heavy atom. The summed E-state index contributed by atoms with van der Waals surface area (Å²) < 4.78 is 29.6. The second kappa shape index (κ2) is 13.9. The van der Waals surface area contributed by atoms with Gasteiger partial charge in [0.1, 0.15) is 28.6 Å². The first-order valence-electron chi connectivity index (χ1n) is 14.3. The smallest absolute Gasteiger partial charge is 0.309 e. The number of hydrogen-bond acceptors (Lipinski definition) is 6. The molecule has 0 aliphatic carbocycles. The molecule has 0 radical (unpaired) electrons. The monoisotopic (exact) mass is 554 g/mol. The lowest BCUT2D eigenvalue weighted by molar-refractivity contribution is -0.147. The third-order valence-electron chi connectivity index (χ3n) is 7.65. The van der Waals surface area contributed by atoms with Gasteiger partial charge < -0.3 is 28.8 Å². The Kier molecular flexibility index (Phi) is 10.9. The number of benzene rings is 2. The third kappa shape index (κ3) is 8.17. The van der Waals surface area contributed by atoms with Crippen molar-refractivity contribution in [2.45, 2.75) is 86.2 Å². The molecule has 1 atom stereocenters. The van der Waals surface area contributed by atoms with Gasteiger partial charge in [-0.3, -0.25) is 4.79 Å². The molecule has 1 aliphatic heterocycles. The highest BCUT2D eigenvalue weighted by atomic mass is 16.7. The molecule has 0 fully saturated rings. The molecule has 1 N–H and O–H groups in total. The van der Waals surface area contributed by atoms with Gasteiger partial charge in [0.05, 0.1) is 18.6 Å². The number of carboxylic acid groups (broad SMARTS) is 1. The van der Waals surface area contributed by atoms with Gasteiger partial charge in [0.2, 0.25) is 0 Å². The maximum Gasteiger partial charge on any atom is 0.309 e. The van der Waals surface area contributed by atoms with Crippen LogP contribution >= 0.6 is 0 Å². The van der Waals surface area contributed by atoms with Gasteiger partial charge in [-0.25, -0.2) is 0 Å². The Bertz CT molecular complexity index is 1170. The topological polar surface area (TPSA) is 83.5 Å². The molecule has 0 saturated carbocycles. The van der Waals surface area contributed by atoms with Crippen LogP contribution in [0.2, 0.25) is 0 Å². The highest BCUT2D eigenvalue weighted by Gasteiger charge is 2.33. The fourth-order valence-corrected chi connectivity index (χ4v) is 4.79. The number of carbonyl (C=O) groups is 1. The second-order valence-electron chi connectivity index (χ2n) is 11.3. The van der Waals surface area contributed by atoms with E-state index in [4.69, 9.17) is 23.7 Å². The predicted molar refractivity (Wildman–Crippen MR) is 157 cm³/mol. The molecule has 2 aromatic rings. The van der Waals surface area contributed by atoms with Crippen molar-refractivity contribution in [2.75, 3.05) is 26.6 Å². The molecule has 0 aromatic heterocycles. The Balaban J connectivity index is 1.47. The minimum Gasteiger partial charge on any atom is -0.494 e. The number of aliphatic carboxylic acids is 1. The van der Waals surface area contributed by atoms with Crippen molar-refractivity contribution in [1.29, 1.82) is 0 Å². The maximum absolute atomic E-state index is 11.2. The average Bonchev–Trinajstić information content (AvgIpc) is 2.92. The van der Waals surface area contributed by atoms with Crippen LogP contribution in [0.15, 0.2) is 36.4 Å². The summed E-state index contributed by atoms with van der Waals surface area (Å²) in [6, 6.07) is 7.54. The highest BCUT2D eigenvalue weighted by molar-refractivity contribution is 5.73. The van der Waals surface area contributed by atoms with Gasteiger partial charge in [0, 0.05) is 12.2 Å². The number of ether oxygens (including phenoxy) is 5. The molecule has 7 nitrogen and oxygen atoms in total. The largest absolute Gasteiger partial charge is 0.494 e. The van der Waals surface area contributed by atoms with Crippen molar-refractivity contribution in [2.24, 2.45) is 5.41 Å². The van der Waals surface area contributed by atoms with Gasteiger partial charge in [-0.15, -0.1) is 0 Å². The number of fused-ring (bicyclic) bond motifs is 1. The lowest BCUT2D eigenvalue weighted by Crippen LogP contribution is -2.35. The molecule has 3 rings (SSSR count). The van der Waals surface area contributed by atoms with Crippen molar-refractivity contribution in [3.8, 4) is 23.0 Å². The van der Waals surface area contributed by atoms with Crippen LogP contribution in [0.5, 0.6) is 23.0 Å². The summed E-state index contributed by atoms with van der Waals surface area (Å²) >= 11 is 0. The van der Waals surface area contributed by atoms with Gasteiger partial charge >= 0.3 is 5.97 Å². The number of carboxylic acids is 1. The molecule has 1 heterocycles. The Labute approximate surface area is 239 Å². The Morgan fingerprint density at radius 3 is 2.30 bits per heavy atom. The minimum atomic E-state index is -0.784. The van der Waals surface area contributed by atoms with Crippen LogP contribution in [-0.2, 0) is 16.0 Å². The highest BCUT2D eigenvalue weighted by Crippen LogP contribution is 2.44. The van der Waals surface area contributed by atoms with Gasteiger partial charge in [0.25, 0.3) is 0 Å². The zero-order valence-corrected chi connectivity index (χ0v) is 25.2. The van der Waals surface area contributed by atoms with Crippen LogP contribution in [0.1, 0.15) is 75.6 Å². The van der Waals surface area contributed by atoms with E-state index in [1.54, 1.807) is 13.8 Å². The first kappa shape index (κ1) is 31.3. The van der Waals surface area contributed by atoms with Crippen molar-refractivity contribution >= 4 is 5.97 Å². The van der Waals surface area contributed by atoms with Crippen LogP contribution in [0.25, 0.3) is 0 Å². The summed E-state index contributed by atoms with van der Waals surface area (Å²) in [5, 5.41) is 9.20. The zero-order valence-electron chi connectivity index (χ0n) is 25.2. The first-order valence-corrected chi connectivity index (χ1v) is 14.3. The fourth-order valence-electron chi connectivity index (χ4n) is 4.79. The minimum absolute atomic E-state index is 0.256. The number of rotatable bonds is 15. The lowest BCUT2D eigenvalue weighted by Gasteiger charge is -2.36. The van der Waals surface area contributed by atoms with Gasteiger partial charge in [0.15, 0.2) is 6.79 Å². The van der Waals surface area contributed by atoms with E-state index in [2.05, 4.69) is 39.8 Å². The summed E-state index contributed by atoms with van der Waals surface area (Å²) in [7, 11) is 0. The molecular weight excluding hydrogens is 508 g/mol. The first-order chi connectivity index (χ1) is 19.0. The molecule has 0 unspecified atom stereocenters. The van der Waals surface area contributed by atoms with E-state index in [0.717, 1.165) is 59.0 Å². The van der Waals surface area contributed by atoms with Crippen LogP contribution in [0.4, 0.5) is 0 Å². The van der Waals surface area contributed by atoms with E-state index in [1.807, 2.05) is 31.2 Å². The van der Waals surface area contributed by atoms with Crippen LogP contribution in [-0.4, -0.2) is 43.3 Å². The molecule has 0 bridgehead atoms. The summed E-state index contributed by atoms with van der Waals surface area (Å²) in [5.41, 5.74) is 3.46. The molecule has 1 aliphatic rings. The summed E-state index contributed by atoms with van der Waals surface area (Å²) in [5.74, 6) is 2.63. The van der Waals surface area contributed by atoms with Gasteiger partial charge in [-0.2, -0.15) is 0 Å². The quantitative estimate of drug-likeness (QED) is 0.140. The van der Waals surface area contributed by atoms with Crippen molar-refractivity contribution < 1.29 is 33.6 Å². The van der Waals surface area contributed by atoms with E-state index in [0.29, 0.717) is 32.7 Å². The maximum atomic E-state index is 11.2. The Morgan fingerprint density at radius 2 is 1.68 bits per heavy atom. The average molecular weight is 555 g/mol. The third-order valence-corrected chi connectivity index (χ3v) is 7.65. The second-order valence-corrected chi connectivity index (χ2v) is 11.3. The summed E-state index contributed by atoms with van der Waals surface area (Å²) in [6.45, 7) is 15.8. The van der Waals surface area contributed by atoms with E-state index >= 15 is 0 Å². The van der Waals surface area contributed by atoms with E-state index in [9.17, 15) is 9.90 Å². The van der Waals surface area contributed by atoms with E-state index < -0.39 is 11.4 Å². The van der Waals surface area contributed by atoms with Crippen molar-refractivity contribution in [3.05, 3.63) is 58.7 Å².